The first-order valence-corrected chi connectivity index (χ1v) is 5.01. The van der Waals surface area contributed by atoms with Gasteiger partial charge in [0.05, 0.1) is 6.54 Å². The molecule has 15 heavy (non-hydrogen) atoms. The van der Waals surface area contributed by atoms with Crippen molar-refractivity contribution in [3.8, 4) is 0 Å². The quantitative estimate of drug-likeness (QED) is 0.848. The largest absolute Gasteiger partial charge is 0.401 e. The van der Waals surface area contributed by atoms with Crippen molar-refractivity contribution in [2.75, 3.05) is 13.6 Å². The Hall–Kier alpha value is -0.620. The second kappa shape index (κ2) is 4.94. The van der Waals surface area contributed by atoms with Crippen molar-refractivity contribution in [2.45, 2.75) is 12.7 Å². The molecule has 0 fully saturated rings. The Morgan fingerprint density at radius 3 is 2.60 bits per heavy atom. The third-order valence-electron chi connectivity index (χ3n) is 1.66. The Morgan fingerprint density at radius 2 is 2.07 bits per heavy atom. The number of aromatic nitrogens is 1. The van der Waals surface area contributed by atoms with Crippen LogP contribution < -0.4 is 0 Å². The molecule has 0 amide bonds. The molecule has 0 atom stereocenters. The summed E-state index contributed by atoms with van der Waals surface area (Å²) >= 11 is 3.21. The van der Waals surface area contributed by atoms with Crippen LogP contribution in [0.1, 0.15) is 5.56 Å². The second-order valence-corrected chi connectivity index (χ2v) is 4.21. The van der Waals surface area contributed by atoms with Crippen LogP contribution in [0.25, 0.3) is 0 Å². The first-order valence-electron chi connectivity index (χ1n) is 4.21. The molecule has 0 saturated carbocycles. The van der Waals surface area contributed by atoms with E-state index in [4.69, 9.17) is 0 Å². The summed E-state index contributed by atoms with van der Waals surface area (Å²) in [6, 6.07) is 1.75. The zero-order valence-electron chi connectivity index (χ0n) is 8.05. The molecule has 1 heterocycles. The Labute approximate surface area is 94.2 Å². The average molecular weight is 283 g/mol. The molecular formula is C9H10BrF3N2. The van der Waals surface area contributed by atoms with Crippen molar-refractivity contribution >= 4 is 15.9 Å². The topological polar surface area (TPSA) is 16.1 Å². The smallest absolute Gasteiger partial charge is 0.294 e. The highest BCUT2D eigenvalue weighted by Crippen LogP contribution is 2.17. The minimum Gasteiger partial charge on any atom is -0.294 e. The molecule has 0 aliphatic heterocycles. The van der Waals surface area contributed by atoms with E-state index in [0.717, 1.165) is 10.0 Å². The molecule has 2 nitrogen and oxygen atoms in total. The molecule has 0 saturated heterocycles. The van der Waals surface area contributed by atoms with E-state index in [-0.39, 0.29) is 6.54 Å². The van der Waals surface area contributed by atoms with E-state index in [1.165, 1.54) is 11.9 Å². The summed E-state index contributed by atoms with van der Waals surface area (Å²) in [5.74, 6) is 0. The van der Waals surface area contributed by atoms with E-state index in [1.54, 1.807) is 18.5 Å². The summed E-state index contributed by atoms with van der Waals surface area (Å²) < 4.78 is 36.8. The fraction of sp³-hybridized carbons (Fsp3) is 0.444. The lowest BCUT2D eigenvalue weighted by molar-refractivity contribution is -0.144. The van der Waals surface area contributed by atoms with Crippen LogP contribution in [0.4, 0.5) is 13.2 Å². The number of alkyl halides is 3. The molecule has 6 heteroatoms. The molecule has 1 aromatic rings. The van der Waals surface area contributed by atoms with Crippen LogP contribution in [-0.2, 0) is 6.54 Å². The van der Waals surface area contributed by atoms with Gasteiger partial charge in [0.1, 0.15) is 0 Å². The van der Waals surface area contributed by atoms with Gasteiger partial charge in [0.25, 0.3) is 0 Å². The van der Waals surface area contributed by atoms with Gasteiger partial charge in [-0.15, -0.1) is 0 Å². The van der Waals surface area contributed by atoms with Gasteiger partial charge in [-0.05, 0) is 34.6 Å². The molecule has 84 valence electrons. The highest BCUT2D eigenvalue weighted by molar-refractivity contribution is 9.10. The van der Waals surface area contributed by atoms with E-state index in [9.17, 15) is 13.2 Å². The second-order valence-electron chi connectivity index (χ2n) is 3.30. The van der Waals surface area contributed by atoms with Crippen molar-refractivity contribution < 1.29 is 13.2 Å². The SMILES string of the molecule is CN(Cc1cncc(Br)c1)CC(F)(F)F. The number of pyridine rings is 1. The van der Waals surface area contributed by atoms with Crippen LogP contribution in [-0.4, -0.2) is 29.7 Å². The van der Waals surface area contributed by atoms with Gasteiger partial charge in [-0.25, -0.2) is 0 Å². The monoisotopic (exact) mass is 282 g/mol. The molecule has 0 radical (unpaired) electrons. The van der Waals surface area contributed by atoms with Gasteiger partial charge in [-0.3, -0.25) is 9.88 Å². The maximum atomic E-state index is 12.0. The van der Waals surface area contributed by atoms with Crippen LogP contribution >= 0.6 is 15.9 Å². The fourth-order valence-corrected chi connectivity index (χ4v) is 1.63. The minimum absolute atomic E-state index is 0.228. The molecule has 1 aromatic heterocycles. The Balaban J connectivity index is 2.55. The van der Waals surface area contributed by atoms with Crippen molar-refractivity contribution in [3.05, 3.63) is 28.5 Å². The third kappa shape index (κ3) is 5.13. The lowest BCUT2D eigenvalue weighted by Crippen LogP contribution is -2.30. The number of halogens is 4. The first kappa shape index (κ1) is 12.4. The van der Waals surface area contributed by atoms with Crippen molar-refractivity contribution in [3.63, 3.8) is 0 Å². The molecule has 0 bridgehead atoms. The van der Waals surface area contributed by atoms with E-state index >= 15 is 0 Å². The number of hydrogen-bond donors (Lipinski definition) is 0. The predicted octanol–water partition coefficient (Wildman–Crippen LogP) is 2.84. The van der Waals surface area contributed by atoms with Crippen LogP contribution in [0.3, 0.4) is 0 Å². The minimum atomic E-state index is -4.16. The highest BCUT2D eigenvalue weighted by atomic mass is 79.9. The van der Waals surface area contributed by atoms with Crippen molar-refractivity contribution in [1.82, 2.24) is 9.88 Å². The Kier molecular flexibility index (Phi) is 4.10. The lowest BCUT2D eigenvalue weighted by atomic mass is 10.3. The molecule has 0 aliphatic carbocycles. The van der Waals surface area contributed by atoms with E-state index < -0.39 is 12.7 Å². The van der Waals surface area contributed by atoms with Crippen LogP contribution in [0.5, 0.6) is 0 Å². The molecular weight excluding hydrogens is 273 g/mol. The van der Waals surface area contributed by atoms with Crippen molar-refractivity contribution in [2.24, 2.45) is 0 Å². The van der Waals surface area contributed by atoms with Gasteiger partial charge in [-0.1, -0.05) is 0 Å². The van der Waals surface area contributed by atoms with E-state index in [0.29, 0.717) is 0 Å². The summed E-state index contributed by atoms with van der Waals surface area (Å²) in [4.78, 5) is 5.08. The van der Waals surface area contributed by atoms with E-state index in [1.807, 2.05) is 0 Å². The zero-order valence-corrected chi connectivity index (χ0v) is 9.64. The molecule has 0 aromatic carbocycles. The Morgan fingerprint density at radius 1 is 1.40 bits per heavy atom. The Bertz CT molecular complexity index is 327. The normalized spacial score (nSPS) is 12.1. The predicted molar refractivity (Wildman–Crippen MR) is 54.3 cm³/mol. The molecule has 0 unspecified atom stereocenters. The summed E-state index contributed by atoms with van der Waals surface area (Å²) in [7, 11) is 1.42. The number of rotatable bonds is 3. The summed E-state index contributed by atoms with van der Waals surface area (Å²) in [6.07, 6.45) is -1.01. The zero-order chi connectivity index (χ0) is 11.5. The summed E-state index contributed by atoms with van der Waals surface area (Å²) in [5.41, 5.74) is 0.746. The van der Waals surface area contributed by atoms with Gasteiger partial charge in [-0.2, -0.15) is 13.2 Å². The van der Waals surface area contributed by atoms with Gasteiger partial charge in [0.15, 0.2) is 0 Å². The van der Waals surface area contributed by atoms with Gasteiger partial charge in [0.2, 0.25) is 0 Å². The molecule has 1 rings (SSSR count). The lowest BCUT2D eigenvalue weighted by Gasteiger charge is -2.18. The van der Waals surface area contributed by atoms with Gasteiger partial charge < -0.3 is 0 Å². The third-order valence-corrected chi connectivity index (χ3v) is 2.10. The molecule has 0 N–H and O–H groups in total. The highest BCUT2D eigenvalue weighted by Gasteiger charge is 2.28. The molecule has 0 aliphatic rings. The molecule has 0 spiro atoms. The fourth-order valence-electron chi connectivity index (χ4n) is 1.22. The number of hydrogen-bond acceptors (Lipinski definition) is 2. The summed E-state index contributed by atoms with van der Waals surface area (Å²) in [6.45, 7) is -0.689. The van der Waals surface area contributed by atoms with Crippen LogP contribution in [0, 0.1) is 0 Å². The van der Waals surface area contributed by atoms with Gasteiger partial charge in [0, 0.05) is 23.4 Å². The maximum Gasteiger partial charge on any atom is 0.401 e. The number of nitrogens with zero attached hydrogens (tertiary/aromatic N) is 2. The maximum absolute atomic E-state index is 12.0. The van der Waals surface area contributed by atoms with Crippen molar-refractivity contribution in [1.29, 1.82) is 0 Å². The van der Waals surface area contributed by atoms with E-state index in [2.05, 4.69) is 20.9 Å². The summed E-state index contributed by atoms with van der Waals surface area (Å²) in [5, 5.41) is 0. The van der Waals surface area contributed by atoms with Crippen LogP contribution in [0.2, 0.25) is 0 Å². The van der Waals surface area contributed by atoms with Crippen LogP contribution in [0.15, 0.2) is 22.9 Å². The standard InChI is InChI=1S/C9H10BrF3N2/c1-15(6-9(11,12)13)5-7-2-8(10)4-14-3-7/h2-4H,5-6H2,1H3. The first-order chi connectivity index (χ1) is 6.87. The van der Waals surface area contributed by atoms with Gasteiger partial charge >= 0.3 is 6.18 Å². The average Bonchev–Trinajstić information content (AvgIpc) is 1.99.